The van der Waals surface area contributed by atoms with E-state index < -0.39 is 18.8 Å². The van der Waals surface area contributed by atoms with Crippen LogP contribution in [0, 0.1) is 5.92 Å². The lowest BCUT2D eigenvalue weighted by Gasteiger charge is -2.36. The molecule has 3 N–H and O–H groups in total. The monoisotopic (exact) mass is 381 g/mol. The molecule has 142 valence electrons. The van der Waals surface area contributed by atoms with Crippen LogP contribution in [0.25, 0.3) is 0 Å². The number of hydrogen-bond acceptors (Lipinski definition) is 4. The Hall–Kier alpha value is -1.32. The molecule has 1 amide bonds. The van der Waals surface area contributed by atoms with Gasteiger partial charge in [-0.1, -0.05) is 0 Å². The molecule has 3 rings (SSSR count). The number of aryl methyl sites for hydroxylation is 1. The van der Waals surface area contributed by atoms with E-state index in [1.165, 1.54) is 4.90 Å². The summed E-state index contributed by atoms with van der Waals surface area (Å²) in [6.45, 7) is 1.34. The summed E-state index contributed by atoms with van der Waals surface area (Å²) in [5, 5.41) is 12.4. The molecule has 0 spiro atoms. The highest BCUT2D eigenvalue weighted by atomic mass is 35.5. The van der Waals surface area contributed by atoms with Crippen LogP contribution in [0.1, 0.15) is 17.7 Å². The summed E-state index contributed by atoms with van der Waals surface area (Å²) >= 11 is 0. The first-order valence-electron chi connectivity index (χ1n) is 8.25. The third-order valence-electron chi connectivity index (χ3n) is 4.83. The van der Waals surface area contributed by atoms with Crippen molar-refractivity contribution < 1.29 is 18.0 Å². The minimum absolute atomic E-state index is 0. The maximum Gasteiger partial charge on any atom is 0.405 e. The van der Waals surface area contributed by atoms with Gasteiger partial charge < -0.3 is 10.6 Å². The van der Waals surface area contributed by atoms with Crippen molar-refractivity contribution in [2.45, 2.75) is 31.5 Å². The Morgan fingerprint density at radius 1 is 1.40 bits per heavy atom. The molecule has 1 aliphatic heterocycles. The molecule has 1 aromatic heterocycles. The average Bonchev–Trinajstić information content (AvgIpc) is 3.02. The molecule has 1 aromatic rings. The first kappa shape index (κ1) is 20.0. The fraction of sp³-hybridized carbons (Fsp3) is 0.733. The number of rotatable bonds is 4. The Balaban J connectivity index is 0.00000225. The summed E-state index contributed by atoms with van der Waals surface area (Å²) in [7, 11) is 0. The van der Waals surface area contributed by atoms with Gasteiger partial charge in [0.05, 0.1) is 6.20 Å². The Kier molecular flexibility index (Phi) is 6.70. The van der Waals surface area contributed by atoms with E-state index in [-0.39, 0.29) is 24.2 Å². The van der Waals surface area contributed by atoms with Crippen molar-refractivity contribution in [3.05, 3.63) is 17.5 Å². The van der Waals surface area contributed by atoms with Gasteiger partial charge in [-0.2, -0.15) is 18.3 Å². The second kappa shape index (κ2) is 8.37. The highest BCUT2D eigenvalue weighted by Gasteiger charge is 2.44. The fourth-order valence-corrected chi connectivity index (χ4v) is 3.42. The molecule has 0 aromatic carbocycles. The molecule has 2 aliphatic rings. The van der Waals surface area contributed by atoms with Crippen LogP contribution in [0.2, 0.25) is 0 Å². The molecule has 0 radical (unpaired) electrons. The first-order chi connectivity index (χ1) is 11.4. The van der Waals surface area contributed by atoms with E-state index >= 15 is 0 Å². The van der Waals surface area contributed by atoms with Crippen molar-refractivity contribution in [3.63, 3.8) is 0 Å². The summed E-state index contributed by atoms with van der Waals surface area (Å²) in [4.78, 5) is 13.7. The average molecular weight is 382 g/mol. The number of carbonyl (C=O) groups excluding carboxylic acids is 1. The Morgan fingerprint density at radius 3 is 2.80 bits per heavy atom. The zero-order valence-electron chi connectivity index (χ0n) is 13.7. The molecule has 0 bridgehead atoms. The van der Waals surface area contributed by atoms with Crippen LogP contribution in [0.3, 0.4) is 0 Å². The summed E-state index contributed by atoms with van der Waals surface area (Å²) in [6, 6.07) is -1.63. The molecule has 1 saturated heterocycles. The zero-order valence-corrected chi connectivity index (χ0v) is 14.6. The number of aromatic nitrogens is 2. The zero-order chi connectivity index (χ0) is 17.2. The number of halogens is 4. The lowest BCUT2D eigenvalue weighted by Crippen LogP contribution is -2.58. The smallest absolute Gasteiger partial charge is 0.354 e. The van der Waals surface area contributed by atoms with Crippen LogP contribution >= 0.6 is 12.4 Å². The van der Waals surface area contributed by atoms with Crippen molar-refractivity contribution >= 4 is 18.3 Å². The summed E-state index contributed by atoms with van der Waals surface area (Å²) in [5.41, 5.74) is 2.00. The Bertz CT molecular complexity index is 574. The molecular weight excluding hydrogens is 359 g/mol. The quantitative estimate of drug-likeness (QED) is 0.724. The van der Waals surface area contributed by atoms with E-state index in [2.05, 4.69) is 20.8 Å². The fourth-order valence-electron chi connectivity index (χ4n) is 3.42. The number of nitrogens with one attached hydrogen (secondary N) is 3. The van der Waals surface area contributed by atoms with Gasteiger partial charge in [-0.05, 0) is 18.4 Å². The lowest BCUT2D eigenvalue weighted by atomic mass is 9.87. The molecule has 10 heteroatoms. The van der Waals surface area contributed by atoms with E-state index in [1.54, 1.807) is 6.20 Å². The Morgan fingerprint density at radius 2 is 2.12 bits per heavy atom. The van der Waals surface area contributed by atoms with Crippen LogP contribution in [0.4, 0.5) is 13.2 Å². The number of H-pyrrole nitrogens is 1. The molecule has 2 atom stereocenters. The molecule has 1 aliphatic carbocycles. The molecule has 1 fully saturated rings. The minimum Gasteiger partial charge on any atom is -0.354 e. The number of nitrogens with zero attached hydrogens (tertiary/aromatic N) is 2. The van der Waals surface area contributed by atoms with Crippen molar-refractivity contribution in [1.82, 2.24) is 25.7 Å². The third-order valence-corrected chi connectivity index (χ3v) is 4.83. The number of piperazine rings is 1. The number of amides is 1. The van der Waals surface area contributed by atoms with Gasteiger partial charge in [0.25, 0.3) is 0 Å². The molecule has 2 heterocycles. The van der Waals surface area contributed by atoms with Crippen molar-refractivity contribution in [1.29, 1.82) is 0 Å². The maximum absolute atomic E-state index is 13.3. The van der Waals surface area contributed by atoms with E-state index in [0.29, 0.717) is 39.0 Å². The van der Waals surface area contributed by atoms with Crippen LogP contribution in [-0.4, -0.2) is 65.9 Å². The van der Waals surface area contributed by atoms with Gasteiger partial charge in [0.2, 0.25) is 5.91 Å². The number of alkyl halides is 3. The van der Waals surface area contributed by atoms with E-state index in [9.17, 15) is 18.0 Å². The van der Waals surface area contributed by atoms with Crippen molar-refractivity contribution in [3.8, 4) is 0 Å². The summed E-state index contributed by atoms with van der Waals surface area (Å²) in [6.07, 6.45) is -0.736. The predicted octanol–water partition coefficient (Wildman–Crippen LogP) is 0.889. The van der Waals surface area contributed by atoms with Crippen LogP contribution in [0.5, 0.6) is 0 Å². The van der Waals surface area contributed by atoms with Gasteiger partial charge in [0.1, 0.15) is 6.04 Å². The van der Waals surface area contributed by atoms with Gasteiger partial charge in [-0.3, -0.25) is 14.8 Å². The van der Waals surface area contributed by atoms with E-state index in [4.69, 9.17) is 0 Å². The normalized spacial score (nSPS) is 22.6. The van der Waals surface area contributed by atoms with E-state index in [0.717, 1.165) is 17.7 Å². The van der Waals surface area contributed by atoms with E-state index in [1.807, 2.05) is 0 Å². The molecular formula is C15H23ClF3N5O. The largest absolute Gasteiger partial charge is 0.405 e. The summed E-state index contributed by atoms with van der Waals surface area (Å²) in [5.74, 6) is -0.602. The van der Waals surface area contributed by atoms with Gasteiger partial charge >= 0.3 is 6.18 Å². The number of aromatic amines is 1. The molecule has 25 heavy (non-hydrogen) atoms. The number of hydrogen-bond donors (Lipinski definition) is 3. The summed E-state index contributed by atoms with van der Waals surface area (Å²) < 4.78 is 40.0. The van der Waals surface area contributed by atoms with Gasteiger partial charge in [-0.25, -0.2) is 0 Å². The Labute approximate surface area is 150 Å². The first-order valence-corrected chi connectivity index (χ1v) is 8.25. The topological polar surface area (TPSA) is 73.1 Å². The van der Waals surface area contributed by atoms with Gasteiger partial charge in [-0.15, -0.1) is 12.4 Å². The lowest BCUT2D eigenvalue weighted by molar-refractivity contribution is -0.184. The van der Waals surface area contributed by atoms with Crippen molar-refractivity contribution in [2.75, 3.05) is 32.7 Å². The second-order valence-corrected chi connectivity index (χ2v) is 6.40. The highest BCUT2D eigenvalue weighted by molar-refractivity contribution is 5.85. The molecule has 2 unspecified atom stereocenters. The van der Waals surface area contributed by atoms with Crippen LogP contribution in [-0.2, 0) is 17.6 Å². The molecule has 0 saturated carbocycles. The second-order valence-electron chi connectivity index (χ2n) is 6.40. The van der Waals surface area contributed by atoms with Crippen LogP contribution in [0.15, 0.2) is 6.20 Å². The maximum atomic E-state index is 13.3. The van der Waals surface area contributed by atoms with Crippen LogP contribution < -0.4 is 10.6 Å². The highest BCUT2D eigenvalue weighted by Crippen LogP contribution is 2.26. The van der Waals surface area contributed by atoms with Gasteiger partial charge in [0.15, 0.2) is 0 Å². The standard InChI is InChI=1S/C15H22F3N5O.ClH/c16-15(17,18)13(23-5-3-19-4-6-23)9-20-14(24)10-1-2-11-8-21-22-12(11)7-10;/h8,10,13,19H,1-7,9H2,(H,20,24)(H,21,22);1H. The van der Waals surface area contributed by atoms with Crippen molar-refractivity contribution in [2.24, 2.45) is 5.92 Å². The minimum atomic E-state index is -4.35. The molecule has 6 nitrogen and oxygen atoms in total. The predicted molar refractivity (Wildman–Crippen MR) is 88.6 cm³/mol. The van der Waals surface area contributed by atoms with Gasteiger partial charge in [0, 0.05) is 50.8 Å². The number of carbonyl (C=O) groups is 1. The third kappa shape index (κ3) is 4.86. The SMILES string of the molecule is Cl.O=C(NCC(N1CCNCC1)C(F)(F)F)C1CCc2cn[nH]c2C1. The number of fused-ring (bicyclic) bond motifs is 1.